The molecule has 0 aromatic heterocycles. The van der Waals surface area contributed by atoms with Crippen molar-refractivity contribution in [1.82, 2.24) is 14.7 Å². The molecular formula is C25H32N4O5. The van der Waals surface area contributed by atoms with Crippen LogP contribution in [0.1, 0.15) is 31.1 Å². The van der Waals surface area contributed by atoms with E-state index in [1.54, 1.807) is 9.80 Å². The Kier molecular flexibility index (Phi) is 6.54. The highest BCUT2D eigenvalue weighted by atomic mass is 16.6. The Balaban J connectivity index is 1.50. The molecule has 4 rings (SSSR count). The van der Waals surface area contributed by atoms with Crippen LogP contribution in [0, 0.1) is 0 Å². The average molecular weight is 469 g/mol. The number of hydrogen-bond donors (Lipinski definition) is 1. The number of nitrogens with zero attached hydrogens (tertiary/aromatic N) is 4. The molecule has 0 spiro atoms. The van der Waals surface area contributed by atoms with Gasteiger partial charge in [0.15, 0.2) is 0 Å². The number of ether oxygens (including phenoxy) is 1. The fourth-order valence-electron chi connectivity index (χ4n) is 4.47. The van der Waals surface area contributed by atoms with Crippen molar-refractivity contribution in [2.75, 3.05) is 57.3 Å². The maximum Gasteiger partial charge on any atom is 0.410 e. The van der Waals surface area contributed by atoms with Gasteiger partial charge in [-0.25, -0.2) is 9.59 Å². The lowest BCUT2D eigenvalue weighted by Crippen LogP contribution is -2.50. The molecule has 2 aromatic rings. The third kappa shape index (κ3) is 5.03. The summed E-state index contributed by atoms with van der Waals surface area (Å²) in [5.74, 6) is -0.0810. The first-order valence-corrected chi connectivity index (χ1v) is 11.7. The van der Waals surface area contributed by atoms with Crippen molar-refractivity contribution >= 4 is 34.6 Å². The smallest absolute Gasteiger partial charge is 0.410 e. The Morgan fingerprint density at radius 1 is 0.765 bits per heavy atom. The van der Waals surface area contributed by atoms with E-state index in [-0.39, 0.29) is 12.0 Å². The van der Waals surface area contributed by atoms with E-state index < -0.39 is 11.7 Å². The average Bonchev–Trinajstić information content (AvgIpc) is 2.82. The molecule has 0 radical (unpaired) electrons. The summed E-state index contributed by atoms with van der Waals surface area (Å²) in [4.78, 5) is 43.9. The van der Waals surface area contributed by atoms with Crippen molar-refractivity contribution in [3.8, 4) is 0 Å². The van der Waals surface area contributed by atoms with Crippen molar-refractivity contribution in [3.05, 3.63) is 42.0 Å². The number of carboxylic acid groups (broad SMARTS) is 1. The molecule has 0 atom stereocenters. The quantitative estimate of drug-likeness (QED) is 0.727. The highest BCUT2D eigenvalue weighted by Gasteiger charge is 2.28. The van der Waals surface area contributed by atoms with Crippen LogP contribution in [-0.2, 0) is 4.74 Å². The SMILES string of the molecule is CC(C)(C)OC(=O)N1CCN(c2ccc(C(=O)N3CCN(C(=O)O)CC3)c3ccccc23)CC1. The number of rotatable bonds is 2. The van der Waals surface area contributed by atoms with Gasteiger partial charge in [0.2, 0.25) is 0 Å². The Morgan fingerprint density at radius 2 is 1.32 bits per heavy atom. The standard InChI is InChI=1S/C25H32N4O5/c1-25(2,3)34-24(33)29-16-10-26(11-17-29)21-9-8-20(18-6-4-5-7-19(18)21)22(30)27-12-14-28(15-13-27)23(31)32/h4-9H,10-17H2,1-3H3,(H,31,32). The minimum absolute atomic E-state index is 0.0810. The van der Waals surface area contributed by atoms with Gasteiger partial charge in [0.1, 0.15) is 5.60 Å². The minimum Gasteiger partial charge on any atom is -0.465 e. The number of fused-ring (bicyclic) bond motifs is 1. The van der Waals surface area contributed by atoms with Crippen LogP contribution < -0.4 is 4.90 Å². The topological polar surface area (TPSA) is 93.6 Å². The van der Waals surface area contributed by atoms with Gasteiger partial charge in [-0.15, -0.1) is 0 Å². The zero-order valence-corrected chi connectivity index (χ0v) is 20.0. The summed E-state index contributed by atoms with van der Waals surface area (Å²) in [5.41, 5.74) is 1.13. The predicted molar refractivity (Wildman–Crippen MR) is 129 cm³/mol. The highest BCUT2D eigenvalue weighted by Crippen LogP contribution is 2.31. The first-order valence-electron chi connectivity index (χ1n) is 11.7. The second kappa shape index (κ2) is 9.40. The molecule has 3 amide bonds. The molecule has 182 valence electrons. The van der Waals surface area contributed by atoms with Crippen LogP contribution in [0.25, 0.3) is 10.8 Å². The number of piperazine rings is 2. The molecule has 2 heterocycles. The number of carbonyl (C=O) groups excluding carboxylic acids is 2. The summed E-state index contributed by atoms with van der Waals surface area (Å²) in [6, 6.07) is 11.7. The van der Waals surface area contributed by atoms with Gasteiger partial charge in [0.25, 0.3) is 5.91 Å². The first-order chi connectivity index (χ1) is 16.1. The normalized spacial score (nSPS) is 17.1. The molecule has 2 aromatic carbocycles. The maximum absolute atomic E-state index is 13.3. The number of anilines is 1. The summed E-state index contributed by atoms with van der Waals surface area (Å²) in [6.45, 7) is 9.48. The van der Waals surface area contributed by atoms with Crippen molar-refractivity contribution < 1.29 is 24.2 Å². The second-order valence-electron chi connectivity index (χ2n) is 9.69. The molecule has 0 bridgehead atoms. The molecule has 9 heteroatoms. The maximum atomic E-state index is 13.3. The molecule has 1 N–H and O–H groups in total. The van der Waals surface area contributed by atoms with Gasteiger partial charge in [-0.3, -0.25) is 4.79 Å². The van der Waals surface area contributed by atoms with E-state index in [1.807, 2.05) is 57.2 Å². The zero-order valence-electron chi connectivity index (χ0n) is 20.0. The van der Waals surface area contributed by atoms with Crippen molar-refractivity contribution in [3.63, 3.8) is 0 Å². The van der Waals surface area contributed by atoms with Gasteiger partial charge >= 0.3 is 12.2 Å². The fourth-order valence-corrected chi connectivity index (χ4v) is 4.47. The summed E-state index contributed by atoms with van der Waals surface area (Å²) in [6.07, 6.45) is -1.24. The molecule has 2 aliphatic heterocycles. The highest BCUT2D eigenvalue weighted by molar-refractivity contribution is 6.10. The van der Waals surface area contributed by atoms with Crippen molar-refractivity contribution in [2.45, 2.75) is 26.4 Å². The van der Waals surface area contributed by atoms with E-state index in [0.29, 0.717) is 57.9 Å². The Hall–Kier alpha value is -3.49. The lowest BCUT2D eigenvalue weighted by Gasteiger charge is -2.37. The molecule has 2 saturated heterocycles. The lowest BCUT2D eigenvalue weighted by atomic mass is 10.0. The van der Waals surface area contributed by atoms with Crippen LogP contribution >= 0.6 is 0 Å². The van der Waals surface area contributed by atoms with Crippen LogP contribution in [-0.4, -0.2) is 95.9 Å². The van der Waals surface area contributed by atoms with Crippen molar-refractivity contribution in [2.24, 2.45) is 0 Å². The van der Waals surface area contributed by atoms with Crippen molar-refractivity contribution in [1.29, 1.82) is 0 Å². The Bertz CT molecular complexity index is 1080. The summed E-state index contributed by atoms with van der Waals surface area (Å²) in [7, 11) is 0. The van der Waals surface area contributed by atoms with E-state index in [1.165, 1.54) is 4.90 Å². The number of carbonyl (C=O) groups is 3. The molecule has 0 unspecified atom stereocenters. The molecule has 0 aliphatic carbocycles. The van der Waals surface area contributed by atoms with Gasteiger partial charge in [0, 0.05) is 69.0 Å². The van der Waals surface area contributed by atoms with E-state index in [0.717, 1.165) is 16.5 Å². The zero-order chi connectivity index (χ0) is 24.5. The third-order valence-electron chi connectivity index (χ3n) is 6.24. The largest absolute Gasteiger partial charge is 0.465 e. The molecular weight excluding hydrogens is 436 g/mol. The second-order valence-corrected chi connectivity index (χ2v) is 9.69. The van der Waals surface area contributed by atoms with E-state index in [9.17, 15) is 14.4 Å². The molecule has 0 saturated carbocycles. The first kappa shape index (κ1) is 23.7. The van der Waals surface area contributed by atoms with E-state index in [2.05, 4.69) is 4.90 Å². The number of hydrogen-bond acceptors (Lipinski definition) is 5. The molecule has 9 nitrogen and oxygen atoms in total. The molecule has 2 fully saturated rings. The molecule has 34 heavy (non-hydrogen) atoms. The monoisotopic (exact) mass is 468 g/mol. The minimum atomic E-state index is -0.950. The Morgan fingerprint density at radius 3 is 1.91 bits per heavy atom. The van der Waals surface area contributed by atoms with Gasteiger partial charge in [0.05, 0.1) is 0 Å². The van der Waals surface area contributed by atoms with Gasteiger partial charge in [-0.1, -0.05) is 24.3 Å². The third-order valence-corrected chi connectivity index (χ3v) is 6.24. The van der Waals surface area contributed by atoms with Crippen LogP contribution in [0.4, 0.5) is 15.3 Å². The van der Waals surface area contributed by atoms with Crippen LogP contribution in [0.2, 0.25) is 0 Å². The Labute approximate surface area is 199 Å². The van der Waals surface area contributed by atoms with E-state index in [4.69, 9.17) is 9.84 Å². The number of benzene rings is 2. The summed E-state index contributed by atoms with van der Waals surface area (Å²) < 4.78 is 5.50. The fraction of sp³-hybridized carbons (Fsp3) is 0.480. The predicted octanol–water partition coefficient (Wildman–Crippen LogP) is 3.33. The van der Waals surface area contributed by atoms with Crippen LogP contribution in [0.5, 0.6) is 0 Å². The van der Waals surface area contributed by atoms with Crippen LogP contribution in [0.3, 0.4) is 0 Å². The number of amides is 3. The van der Waals surface area contributed by atoms with Gasteiger partial charge in [-0.2, -0.15) is 0 Å². The molecule has 2 aliphatic rings. The van der Waals surface area contributed by atoms with Gasteiger partial charge in [-0.05, 0) is 38.3 Å². The summed E-state index contributed by atoms with van der Waals surface area (Å²) >= 11 is 0. The van der Waals surface area contributed by atoms with E-state index >= 15 is 0 Å². The summed E-state index contributed by atoms with van der Waals surface area (Å²) in [5, 5.41) is 11.0. The van der Waals surface area contributed by atoms with Gasteiger partial charge < -0.3 is 29.4 Å². The van der Waals surface area contributed by atoms with Crippen LogP contribution in [0.15, 0.2) is 36.4 Å². The lowest BCUT2D eigenvalue weighted by molar-refractivity contribution is 0.0240.